The van der Waals surface area contributed by atoms with Crippen molar-refractivity contribution in [1.82, 2.24) is 30.0 Å². The molecule has 2 amide bonds. The molecule has 0 radical (unpaired) electrons. The van der Waals surface area contributed by atoms with Crippen LogP contribution in [0.2, 0.25) is 5.02 Å². The summed E-state index contributed by atoms with van der Waals surface area (Å²) in [4.78, 5) is 49.8. The average molecular weight is 557 g/mol. The van der Waals surface area contributed by atoms with Crippen LogP contribution in [0, 0.1) is 12.3 Å². The zero-order valence-electron chi connectivity index (χ0n) is 22.5. The summed E-state index contributed by atoms with van der Waals surface area (Å²) in [5, 5.41) is 8.78. The Morgan fingerprint density at radius 2 is 1.85 bits per heavy atom. The van der Waals surface area contributed by atoms with Crippen molar-refractivity contribution in [2.24, 2.45) is 5.41 Å². The number of hydrogen-bond donors (Lipinski definition) is 1. The van der Waals surface area contributed by atoms with Crippen LogP contribution in [0.1, 0.15) is 48.6 Å². The zero-order chi connectivity index (χ0) is 28.2. The van der Waals surface area contributed by atoms with Gasteiger partial charge in [0.25, 0.3) is 0 Å². The van der Waals surface area contributed by atoms with Crippen LogP contribution in [0.3, 0.4) is 0 Å². The highest BCUT2D eigenvalue weighted by atomic mass is 35.5. The number of benzene rings is 2. The molecule has 3 atom stereocenters. The number of hydrogen-bond acceptors (Lipinski definition) is 6. The van der Waals surface area contributed by atoms with Gasteiger partial charge in [0.2, 0.25) is 11.8 Å². The van der Waals surface area contributed by atoms with Crippen LogP contribution in [0.4, 0.5) is 0 Å². The highest BCUT2D eigenvalue weighted by Crippen LogP contribution is 2.59. The van der Waals surface area contributed by atoms with E-state index in [1.54, 1.807) is 28.0 Å². The summed E-state index contributed by atoms with van der Waals surface area (Å²) in [7, 11) is 0. The summed E-state index contributed by atoms with van der Waals surface area (Å²) in [6, 6.07) is 12.4. The first-order valence-corrected chi connectivity index (χ1v) is 13.6. The zero-order valence-corrected chi connectivity index (χ0v) is 23.3. The quantitative estimate of drug-likeness (QED) is 0.339. The van der Waals surface area contributed by atoms with Crippen LogP contribution < -0.4 is 5.32 Å². The van der Waals surface area contributed by atoms with Gasteiger partial charge in [-0.1, -0.05) is 36.7 Å². The van der Waals surface area contributed by atoms with Gasteiger partial charge >= 0.3 is 0 Å². The lowest BCUT2D eigenvalue weighted by Gasteiger charge is -2.27. The molecule has 2 aliphatic rings. The lowest BCUT2D eigenvalue weighted by Crippen LogP contribution is -2.48. The highest BCUT2D eigenvalue weighted by Gasteiger charge is 2.64. The summed E-state index contributed by atoms with van der Waals surface area (Å²) in [6.07, 6.45) is 4.97. The number of rotatable bonds is 7. The molecule has 1 saturated carbocycles. The number of Topliss-reactive ketones (excluding diaryl/α,β-unsaturated/α-hetero) is 1. The molecule has 6 rings (SSSR count). The number of ketones is 1. The van der Waals surface area contributed by atoms with Gasteiger partial charge in [0.15, 0.2) is 5.78 Å². The first-order valence-electron chi connectivity index (χ1n) is 13.3. The third-order valence-electron chi connectivity index (χ3n) is 8.06. The molecule has 1 N–H and O–H groups in total. The third kappa shape index (κ3) is 4.75. The standard InChI is InChI=1S/C30H29ClN6O3/c1-17(38)28-23-10-20(21-14-32-18(2)33-15-21)7-8-24(23)36(35-28)16-27(39)37-25(11-30(3)12-26(30)37)29(40)34-13-19-5-4-6-22(31)9-19/h4-10,14-15,25-26H,11-13,16H2,1-3H3,(H,34,40)/t25-,26+,30?/m0/s1. The maximum atomic E-state index is 13.7. The van der Waals surface area contributed by atoms with E-state index in [0.29, 0.717) is 40.4 Å². The number of piperidine rings is 1. The molecule has 2 fully saturated rings. The van der Waals surface area contributed by atoms with Gasteiger partial charge in [0, 0.05) is 47.9 Å². The van der Waals surface area contributed by atoms with E-state index in [-0.39, 0.29) is 35.6 Å². The SMILES string of the molecule is CC(=O)c1nn(CC(=O)N2[C@H](C(=O)NCc3cccc(Cl)c3)CC3(C)C[C@@H]23)c2ccc(-c3cnc(C)nc3)cc12. The Balaban J connectivity index is 1.25. The molecule has 3 heterocycles. The van der Waals surface area contributed by atoms with E-state index in [0.717, 1.165) is 23.1 Å². The molecule has 40 heavy (non-hydrogen) atoms. The Labute approximate surface area is 236 Å². The van der Waals surface area contributed by atoms with E-state index in [1.165, 1.54) is 6.92 Å². The second kappa shape index (κ2) is 9.82. The fraction of sp³-hybridized carbons (Fsp3) is 0.333. The van der Waals surface area contributed by atoms with Gasteiger partial charge in [-0.25, -0.2) is 9.97 Å². The first-order chi connectivity index (χ1) is 19.1. The largest absolute Gasteiger partial charge is 0.350 e. The molecule has 0 spiro atoms. The maximum Gasteiger partial charge on any atom is 0.245 e. The summed E-state index contributed by atoms with van der Waals surface area (Å²) < 4.78 is 1.57. The van der Waals surface area contributed by atoms with Crippen LogP contribution >= 0.6 is 11.6 Å². The summed E-state index contributed by atoms with van der Waals surface area (Å²) in [5.74, 6) is 0.111. The van der Waals surface area contributed by atoms with E-state index in [1.807, 2.05) is 43.3 Å². The summed E-state index contributed by atoms with van der Waals surface area (Å²) in [5.41, 5.74) is 3.48. The molecule has 204 valence electrons. The Morgan fingerprint density at radius 3 is 2.58 bits per heavy atom. The van der Waals surface area contributed by atoms with Crippen LogP contribution in [-0.2, 0) is 22.7 Å². The Hall–Kier alpha value is -4.11. The van der Waals surface area contributed by atoms with Crippen molar-refractivity contribution < 1.29 is 14.4 Å². The van der Waals surface area contributed by atoms with Gasteiger partial charge in [-0.15, -0.1) is 0 Å². The van der Waals surface area contributed by atoms with Crippen molar-refractivity contribution >= 4 is 40.1 Å². The minimum Gasteiger partial charge on any atom is -0.350 e. The van der Waals surface area contributed by atoms with Crippen LogP contribution in [0.5, 0.6) is 0 Å². The van der Waals surface area contributed by atoms with Crippen LogP contribution in [0.25, 0.3) is 22.0 Å². The summed E-state index contributed by atoms with van der Waals surface area (Å²) >= 11 is 6.08. The summed E-state index contributed by atoms with van der Waals surface area (Å²) in [6.45, 7) is 5.67. The van der Waals surface area contributed by atoms with Crippen molar-refractivity contribution in [1.29, 1.82) is 0 Å². The van der Waals surface area contributed by atoms with E-state index in [9.17, 15) is 14.4 Å². The number of halogens is 1. The van der Waals surface area contributed by atoms with Gasteiger partial charge in [-0.3, -0.25) is 19.1 Å². The average Bonchev–Trinajstić information content (AvgIpc) is 3.29. The number of aromatic nitrogens is 4. The van der Waals surface area contributed by atoms with Crippen LogP contribution in [0.15, 0.2) is 54.9 Å². The molecule has 10 heteroatoms. The smallest absolute Gasteiger partial charge is 0.245 e. The van der Waals surface area contributed by atoms with E-state index in [2.05, 4.69) is 27.3 Å². The molecular formula is C30H29ClN6O3. The lowest BCUT2D eigenvalue weighted by molar-refractivity contribution is -0.140. The molecule has 1 unspecified atom stereocenters. The Kier molecular flexibility index (Phi) is 6.41. The number of fused-ring (bicyclic) bond motifs is 2. The monoisotopic (exact) mass is 556 g/mol. The number of aryl methyl sites for hydroxylation is 1. The van der Waals surface area contributed by atoms with Crippen molar-refractivity contribution in [3.8, 4) is 11.1 Å². The number of amides is 2. The van der Waals surface area contributed by atoms with Crippen LogP contribution in [-0.4, -0.2) is 54.3 Å². The number of likely N-dealkylation sites (tertiary alicyclic amines) is 1. The number of carbonyl (C=O) groups excluding carboxylic acids is 3. The fourth-order valence-electron chi connectivity index (χ4n) is 5.80. The van der Waals surface area contributed by atoms with Crippen molar-refractivity contribution in [3.05, 3.63) is 77.0 Å². The molecule has 0 bridgehead atoms. The first kappa shape index (κ1) is 26.1. The molecular weight excluding hydrogens is 528 g/mol. The predicted molar refractivity (Wildman–Crippen MR) is 151 cm³/mol. The molecule has 2 aromatic carbocycles. The molecule has 1 saturated heterocycles. The van der Waals surface area contributed by atoms with E-state index >= 15 is 0 Å². The minimum absolute atomic E-state index is 0.0177. The van der Waals surface area contributed by atoms with Crippen molar-refractivity contribution in [3.63, 3.8) is 0 Å². The Bertz CT molecular complexity index is 1670. The minimum atomic E-state index is -0.558. The predicted octanol–water partition coefficient (Wildman–Crippen LogP) is 4.35. The lowest BCUT2D eigenvalue weighted by atomic mass is 10.0. The second-order valence-corrected chi connectivity index (χ2v) is 11.5. The molecule has 1 aliphatic carbocycles. The van der Waals surface area contributed by atoms with Gasteiger partial charge in [-0.05, 0) is 60.6 Å². The number of carbonyl (C=O) groups is 3. The molecule has 2 aromatic heterocycles. The molecule has 9 nitrogen and oxygen atoms in total. The second-order valence-electron chi connectivity index (χ2n) is 11.1. The van der Waals surface area contributed by atoms with E-state index in [4.69, 9.17) is 11.6 Å². The van der Waals surface area contributed by atoms with Crippen molar-refractivity contribution in [2.45, 2.75) is 58.8 Å². The van der Waals surface area contributed by atoms with Gasteiger partial charge < -0.3 is 10.2 Å². The number of nitrogens with one attached hydrogen (secondary N) is 1. The molecule has 1 aliphatic heterocycles. The Morgan fingerprint density at radius 1 is 1.07 bits per heavy atom. The normalized spacial score (nSPS) is 21.4. The number of nitrogens with zero attached hydrogens (tertiary/aromatic N) is 5. The maximum absolute atomic E-state index is 13.7. The van der Waals surface area contributed by atoms with Gasteiger partial charge in [0.1, 0.15) is 24.1 Å². The highest BCUT2D eigenvalue weighted by molar-refractivity contribution is 6.30. The topological polar surface area (TPSA) is 110 Å². The molecule has 4 aromatic rings. The van der Waals surface area contributed by atoms with E-state index < -0.39 is 6.04 Å². The fourth-order valence-corrected chi connectivity index (χ4v) is 6.02. The van der Waals surface area contributed by atoms with Crippen molar-refractivity contribution in [2.75, 3.05) is 0 Å². The van der Waals surface area contributed by atoms with Gasteiger partial charge in [-0.2, -0.15) is 5.10 Å². The third-order valence-corrected chi connectivity index (χ3v) is 8.30. The van der Waals surface area contributed by atoms with Gasteiger partial charge in [0.05, 0.1) is 5.52 Å².